The Balaban J connectivity index is 3.16. The van der Waals surface area contributed by atoms with Gasteiger partial charge < -0.3 is 10.4 Å². The van der Waals surface area contributed by atoms with E-state index in [1.807, 2.05) is 18.7 Å². The SMILES string of the molecule is CC(C)NCCCSC(C)C(C)O. The summed E-state index contributed by atoms with van der Waals surface area (Å²) in [6.45, 7) is 9.32. The predicted molar refractivity (Wildman–Crippen MR) is 61.4 cm³/mol. The molecule has 0 aliphatic heterocycles. The summed E-state index contributed by atoms with van der Waals surface area (Å²) in [4.78, 5) is 0. The highest BCUT2D eigenvalue weighted by Gasteiger charge is 2.07. The maximum Gasteiger partial charge on any atom is 0.0627 e. The second-order valence-corrected chi connectivity index (χ2v) is 5.26. The van der Waals surface area contributed by atoms with Gasteiger partial charge in [-0.05, 0) is 25.6 Å². The van der Waals surface area contributed by atoms with Gasteiger partial charge >= 0.3 is 0 Å². The highest BCUT2D eigenvalue weighted by molar-refractivity contribution is 7.99. The van der Waals surface area contributed by atoms with Crippen LogP contribution in [-0.2, 0) is 0 Å². The van der Waals surface area contributed by atoms with E-state index in [2.05, 4.69) is 26.1 Å². The van der Waals surface area contributed by atoms with Gasteiger partial charge in [-0.3, -0.25) is 0 Å². The summed E-state index contributed by atoms with van der Waals surface area (Å²) in [6.07, 6.45) is 0.989. The third-order valence-corrected chi connectivity index (χ3v) is 3.38. The van der Waals surface area contributed by atoms with Gasteiger partial charge in [0, 0.05) is 11.3 Å². The van der Waals surface area contributed by atoms with Crippen LogP contribution in [0.25, 0.3) is 0 Å². The van der Waals surface area contributed by atoms with Gasteiger partial charge in [0.05, 0.1) is 6.10 Å². The molecule has 2 nitrogen and oxygen atoms in total. The van der Waals surface area contributed by atoms with E-state index in [4.69, 9.17) is 0 Å². The molecule has 2 N–H and O–H groups in total. The summed E-state index contributed by atoms with van der Waals surface area (Å²) in [5.74, 6) is 1.13. The first-order chi connectivity index (χ1) is 6.04. The summed E-state index contributed by atoms with van der Waals surface area (Å²) in [5, 5.41) is 13.0. The van der Waals surface area contributed by atoms with Crippen LogP contribution in [-0.4, -0.2) is 34.8 Å². The van der Waals surface area contributed by atoms with E-state index >= 15 is 0 Å². The summed E-state index contributed by atoms with van der Waals surface area (Å²) in [7, 11) is 0. The van der Waals surface area contributed by atoms with Gasteiger partial charge in [0.15, 0.2) is 0 Å². The van der Waals surface area contributed by atoms with Crippen LogP contribution in [0.4, 0.5) is 0 Å². The molecule has 0 aromatic carbocycles. The van der Waals surface area contributed by atoms with Gasteiger partial charge in [-0.1, -0.05) is 20.8 Å². The van der Waals surface area contributed by atoms with Crippen molar-refractivity contribution in [1.29, 1.82) is 0 Å². The molecule has 0 aliphatic carbocycles. The molecule has 0 heterocycles. The van der Waals surface area contributed by atoms with Crippen molar-refractivity contribution in [1.82, 2.24) is 5.32 Å². The predicted octanol–water partition coefficient (Wildman–Crippen LogP) is 1.88. The van der Waals surface area contributed by atoms with Crippen molar-refractivity contribution in [2.24, 2.45) is 0 Å². The van der Waals surface area contributed by atoms with Crippen molar-refractivity contribution in [3.8, 4) is 0 Å². The number of thioether (sulfide) groups is 1. The van der Waals surface area contributed by atoms with Gasteiger partial charge in [0.1, 0.15) is 0 Å². The minimum absolute atomic E-state index is 0.192. The largest absolute Gasteiger partial charge is 0.392 e. The van der Waals surface area contributed by atoms with E-state index in [1.165, 1.54) is 6.42 Å². The molecule has 2 unspecified atom stereocenters. The fourth-order valence-electron chi connectivity index (χ4n) is 0.871. The van der Waals surface area contributed by atoms with Crippen LogP contribution in [0.2, 0.25) is 0 Å². The Morgan fingerprint density at radius 3 is 2.31 bits per heavy atom. The van der Waals surface area contributed by atoms with E-state index in [0.717, 1.165) is 12.3 Å². The zero-order valence-corrected chi connectivity index (χ0v) is 10.0. The second kappa shape index (κ2) is 7.65. The zero-order valence-electron chi connectivity index (χ0n) is 9.21. The van der Waals surface area contributed by atoms with E-state index < -0.39 is 0 Å². The van der Waals surface area contributed by atoms with Gasteiger partial charge in [0.25, 0.3) is 0 Å². The van der Waals surface area contributed by atoms with Crippen LogP contribution in [0.1, 0.15) is 34.1 Å². The summed E-state index contributed by atoms with van der Waals surface area (Å²) >= 11 is 1.85. The lowest BCUT2D eigenvalue weighted by Gasteiger charge is -2.14. The smallest absolute Gasteiger partial charge is 0.0627 e. The van der Waals surface area contributed by atoms with Crippen LogP contribution in [0, 0.1) is 0 Å². The lowest BCUT2D eigenvalue weighted by Crippen LogP contribution is -2.24. The maximum absolute atomic E-state index is 9.23. The number of hydrogen-bond donors (Lipinski definition) is 2. The van der Waals surface area contributed by atoms with Crippen LogP contribution < -0.4 is 5.32 Å². The molecule has 80 valence electrons. The first kappa shape index (κ1) is 13.3. The molecule has 0 rings (SSSR count). The topological polar surface area (TPSA) is 32.3 Å². The molecule has 3 heteroatoms. The van der Waals surface area contributed by atoms with Crippen molar-refractivity contribution in [3.63, 3.8) is 0 Å². The van der Waals surface area contributed by atoms with Crippen molar-refractivity contribution < 1.29 is 5.11 Å². The van der Waals surface area contributed by atoms with Crippen LogP contribution in [0.15, 0.2) is 0 Å². The number of nitrogens with one attached hydrogen (secondary N) is 1. The van der Waals surface area contributed by atoms with Crippen molar-refractivity contribution in [3.05, 3.63) is 0 Å². The molecule has 0 aromatic heterocycles. The minimum Gasteiger partial charge on any atom is -0.392 e. The Bertz CT molecular complexity index is 117. The molecule has 0 saturated carbocycles. The molecule has 0 bridgehead atoms. The Morgan fingerprint density at radius 2 is 1.85 bits per heavy atom. The number of rotatable bonds is 7. The lowest BCUT2D eigenvalue weighted by molar-refractivity contribution is 0.196. The molecule has 0 aliphatic rings. The third kappa shape index (κ3) is 8.60. The molecule has 0 fully saturated rings. The van der Waals surface area contributed by atoms with E-state index in [-0.39, 0.29) is 6.10 Å². The fourth-order valence-corrected chi connectivity index (χ4v) is 1.83. The first-order valence-electron chi connectivity index (χ1n) is 5.07. The van der Waals surface area contributed by atoms with Crippen LogP contribution in [0.5, 0.6) is 0 Å². The Hall–Kier alpha value is 0.270. The molecule has 2 atom stereocenters. The summed E-state index contributed by atoms with van der Waals surface area (Å²) in [5.41, 5.74) is 0. The summed E-state index contributed by atoms with van der Waals surface area (Å²) < 4.78 is 0. The molecular formula is C10H23NOS. The standard InChI is InChI=1S/C10H23NOS/c1-8(2)11-6-5-7-13-10(4)9(3)12/h8-12H,5-7H2,1-4H3. The molecule has 0 amide bonds. The molecule has 0 aromatic rings. The third-order valence-electron chi connectivity index (χ3n) is 1.93. The van der Waals surface area contributed by atoms with Crippen molar-refractivity contribution in [2.45, 2.75) is 51.5 Å². The van der Waals surface area contributed by atoms with Gasteiger partial charge in [-0.25, -0.2) is 0 Å². The number of hydrogen-bond acceptors (Lipinski definition) is 3. The minimum atomic E-state index is -0.192. The fraction of sp³-hybridized carbons (Fsp3) is 1.00. The van der Waals surface area contributed by atoms with Crippen molar-refractivity contribution in [2.75, 3.05) is 12.3 Å². The quantitative estimate of drug-likeness (QED) is 0.622. The second-order valence-electron chi connectivity index (χ2n) is 3.78. The number of aliphatic hydroxyl groups is 1. The average Bonchev–Trinajstić information content (AvgIpc) is 2.02. The first-order valence-corrected chi connectivity index (χ1v) is 6.12. The van der Waals surface area contributed by atoms with E-state index in [1.54, 1.807) is 0 Å². The molecular weight excluding hydrogens is 182 g/mol. The highest BCUT2D eigenvalue weighted by Crippen LogP contribution is 2.14. The van der Waals surface area contributed by atoms with Gasteiger partial charge in [-0.15, -0.1) is 0 Å². The molecule has 13 heavy (non-hydrogen) atoms. The molecule has 0 spiro atoms. The average molecular weight is 205 g/mol. The lowest BCUT2D eigenvalue weighted by atomic mass is 10.3. The monoisotopic (exact) mass is 205 g/mol. The normalized spacial score (nSPS) is 16.2. The van der Waals surface area contributed by atoms with Crippen molar-refractivity contribution >= 4 is 11.8 Å². The van der Waals surface area contributed by atoms with Crippen LogP contribution in [0.3, 0.4) is 0 Å². The van der Waals surface area contributed by atoms with Gasteiger partial charge in [-0.2, -0.15) is 11.8 Å². The zero-order chi connectivity index (χ0) is 10.3. The van der Waals surface area contributed by atoms with Crippen LogP contribution >= 0.6 is 11.8 Å². The Kier molecular flexibility index (Phi) is 7.81. The van der Waals surface area contributed by atoms with E-state index in [9.17, 15) is 5.11 Å². The molecule has 0 saturated heterocycles. The maximum atomic E-state index is 9.23. The Morgan fingerprint density at radius 1 is 1.23 bits per heavy atom. The number of aliphatic hydroxyl groups excluding tert-OH is 1. The highest BCUT2D eigenvalue weighted by atomic mass is 32.2. The molecule has 0 radical (unpaired) electrons. The Labute approximate surface area is 86.5 Å². The summed E-state index contributed by atoms with van der Waals surface area (Å²) in [6, 6.07) is 0.583. The van der Waals surface area contributed by atoms with Gasteiger partial charge in [0.2, 0.25) is 0 Å². The van der Waals surface area contributed by atoms with E-state index in [0.29, 0.717) is 11.3 Å².